The molecule has 1 aromatic rings. The molecule has 0 aromatic heterocycles. The van der Waals surface area contributed by atoms with Gasteiger partial charge < -0.3 is 19.7 Å². The number of phenols is 2. The van der Waals surface area contributed by atoms with Gasteiger partial charge in [-0.25, -0.2) is 0 Å². The van der Waals surface area contributed by atoms with Crippen LogP contribution in [0, 0.1) is 16.7 Å². The van der Waals surface area contributed by atoms with Crippen LogP contribution in [0.25, 0.3) is 0 Å². The summed E-state index contributed by atoms with van der Waals surface area (Å²) >= 11 is 0. The predicted molar refractivity (Wildman–Crippen MR) is 116 cm³/mol. The maximum absolute atomic E-state index is 13.6. The number of phenolic OH excluding ortho intramolecular Hbond substituents is 2. The molecule has 2 heterocycles. The number of hydrogen-bond donors (Lipinski definition) is 2. The van der Waals surface area contributed by atoms with E-state index < -0.39 is 22.5 Å². The Hall–Kier alpha value is -2.83. The van der Waals surface area contributed by atoms with Crippen LogP contribution in [0.5, 0.6) is 17.2 Å². The van der Waals surface area contributed by atoms with E-state index >= 15 is 0 Å². The van der Waals surface area contributed by atoms with E-state index in [2.05, 4.69) is 0 Å². The van der Waals surface area contributed by atoms with Crippen molar-refractivity contribution in [1.29, 1.82) is 0 Å². The largest absolute Gasteiger partial charge is 0.507 e. The second-order valence-electron chi connectivity index (χ2n) is 10.4. The zero-order valence-corrected chi connectivity index (χ0v) is 19.6. The minimum absolute atomic E-state index is 0.0160. The molecule has 0 bridgehead atoms. The molecule has 2 aliphatic heterocycles. The van der Waals surface area contributed by atoms with Crippen LogP contribution < -0.4 is 4.74 Å². The minimum atomic E-state index is -1.42. The van der Waals surface area contributed by atoms with Gasteiger partial charge in [0.25, 0.3) is 5.79 Å². The van der Waals surface area contributed by atoms with Gasteiger partial charge in [0, 0.05) is 18.4 Å². The lowest BCUT2D eigenvalue weighted by Crippen LogP contribution is -2.48. The van der Waals surface area contributed by atoms with Gasteiger partial charge in [0.05, 0.1) is 22.0 Å². The predicted octanol–water partition coefficient (Wildman–Crippen LogP) is 4.40. The zero-order chi connectivity index (χ0) is 24.0. The molecule has 0 unspecified atom stereocenters. The molecule has 32 heavy (non-hydrogen) atoms. The molecule has 2 N–H and O–H groups in total. The van der Waals surface area contributed by atoms with Gasteiger partial charge >= 0.3 is 0 Å². The number of carbonyl (C=O) groups is 3. The number of ether oxygens (including phenoxy) is 2. The lowest BCUT2D eigenvalue weighted by atomic mass is 9.61. The summed E-state index contributed by atoms with van der Waals surface area (Å²) in [5.41, 5.74) is -1.83. The molecule has 0 radical (unpaired) electrons. The van der Waals surface area contributed by atoms with Crippen molar-refractivity contribution in [1.82, 2.24) is 0 Å². The van der Waals surface area contributed by atoms with Crippen molar-refractivity contribution in [3.05, 3.63) is 28.5 Å². The number of fused-ring (bicyclic) bond motifs is 4. The number of aromatic hydroxyl groups is 2. The van der Waals surface area contributed by atoms with Crippen LogP contribution in [0.2, 0.25) is 0 Å². The van der Waals surface area contributed by atoms with Crippen LogP contribution in [0.15, 0.2) is 17.4 Å². The van der Waals surface area contributed by atoms with Gasteiger partial charge in [-0.1, -0.05) is 20.8 Å². The highest BCUT2D eigenvalue weighted by Crippen LogP contribution is 2.66. The first-order chi connectivity index (χ1) is 14.7. The van der Waals surface area contributed by atoms with E-state index in [0.29, 0.717) is 12.0 Å². The second kappa shape index (κ2) is 6.59. The highest BCUT2D eigenvalue weighted by atomic mass is 16.7. The van der Waals surface area contributed by atoms with Crippen LogP contribution in [0.4, 0.5) is 0 Å². The molecule has 0 saturated heterocycles. The van der Waals surface area contributed by atoms with Gasteiger partial charge in [0.15, 0.2) is 17.3 Å². The fraction of sp³-hybridized carbons (Fsp3) is 0.560. The van der Waals surface area contributed by atoms with Crippen LogP contribution in [-0.2, 0) is 14.3 Å². The van der Waals surface area contributed by atoms with Crippen molar-refractivity contribution >= 4 is 17.3 Å². The van der Waals surface area contributed by atoms with Crippen LogP contribution in [0.3, 0.4) is 0 Å². The van der Waals surface area contributed by atoms with E-state index in [0.717, 1.165) is 6.07 Å². The van der Waals surface area contributed by atoms with Gasteiger partial charge in [-0.15, -0.1) is 0 Å². The Labute approximate surface area is 187 Å². The monoisotopic (exact) mass is 442 g/mol. The Morgan fingerprint density at radius 1 is 1.06 bits per heavy atom. The molecule has 3 aliphatic rings. The summed E-state index contributed by atoms with van der Waals surface area (Å²) in [6.07, 6.45) is 0.761. The quantitative estimate of drug-likeness (QED) is 0.525. The number of carbonyl (C=O) groups excluding carboxylic acids is 3. The van der Waals surface area contributed by atoms with Crippen LogP contribution in [0.1, 0.15) is 83.1 Å². The molecule has 0 saturated carbocycles. The lowest BCUT2D eigenvalue weighted by molar-refractivity contribution is -0.177. The summed E-state index contributed by atoms with van der Waals surface area (Å²) in [6.45, 7) is 12.2. The van der Waals surface area contributed by atoms with Crippen molar-refractivity contribution in [2.45, 2.75) is 73.0 Å². The molecule has 2 atom stereocenters. The fourth-order valence-corrected chi connectivity index (χ4v) is 5.44. The Kier molecular flexibility index (Phi) is 4.61. The Morgan fingerprint density at radius 3 is 2.25 bits per heavy atom. The number of ketones is 3. The van der Waals surface area contributed by atoms with E-state index in [4.69, 9.17) is 9.47 Å². The number of benzene rings is 1. The Bertz CT molecular complexity index is 1110. The standard InChI is InChI=1S/C25H30O7/c1-8-9-12(26)15-13(27)10-14(28)16-18-17-20(29)23(4,5)22(30)24(6,7)21(17)32-25(18,11(2)3)31-19(15)16/h10-11,18,27-28H,8-9H2,1-7H3/t18-,25-/m0/s1. The van der Waals surface area contributed by atoms with E-state index in [1.54, 1.807) is 27.7 Å². The van der Waals surface area contributed by atoms with Gasteiger partial charge in [-0.3, -0.25) is 14.4 Å². The molecule has 0 amide bonds. The molecule has 0 spiro atoms. The van der Waals surface area contributed by atoms with E-state index in [9.17, 15) is 24.6 Å². The van der Waals surface area contributed by atoms with Gasteiger partial charge in [0.1, 0.15) is 34.5 Å². The molecule has 4 rings (SSSR count). The minimum Gasteiger partial charge on any atom is -0.507 e. The van der Waals surface area contributed by atoms with Crippen molar-refractivity contribution in [3.63, 3.8) is 0 Å². The summed E-state index contributed by atoms with van der Waals surface area (Å²) < 4.78 is 12.7. The highest BCUT2D eigenvalue weighted by molar-refractivity contribution is 6.20. The summed E-state index contributed by atoms with van der Waals surface area (Å²) in [7, 11) is 0. The van der Waals surface area contributed by atoms with Crippen molar-refractivity contribution in [2.24, 2.45) is 16.7 Å². The first-order valence-corrected chi connectivity index (χ1v) is 11.1. The normalized spacial score (nSPS) is 27.1. The van der Waals surface area contributed by atoms with Crippen molar-refractivity contribution in [3.8, 4) is 17.2 Å². The summed E-state index contributed by atoms with van der Waals surface area (Å²) in [5, 5.41) is 21.4. The first kappa shape index (κ1) is 22.4. The van der Waals surface area contributed by atoms with Crippen LogP contribution >= 0.6 is 0 Å². The highest BCUT2D eigenvalue weighted by Gasteiger charge is 2.69. The Morgan fingerprint density at radius 2 is 1.69 bits per heavy atom. The number of hydrogen-bond acceptors (Lipinski definition) is 7. The third kappa shape index (κ3) is 2.51. The summed E-state index contributed by atoms with van der Waals surface area (Å²) in [6, 6.07) is 1.12. The van der Waals surface area contributed by atoms with E-state index in [1.807, 2.05) is 20.8 Å². The van der Waals surface area contributed by atoms with Crippen LogP contribution in [-0.4, -0.2) is 33.3 Å². The van der Waals surface area contributed by atoms with Gasteiger partial charge in [-0.2, -0.15) is 0 Å². The lowest BCUT2D eigenvalue weighted by Gasteiger charge is -2.38. The molecule has 1 aliphatic carbocycles. The third-order valence-corrected chi connectivity index (χ3v) is 7.10. The SMILES string of the molecule is CCCC(=O)c1c(O)cc(O)c2c1O[C@@]1(C(C)C)OC3=C(C(=O)C(C)(C)C(=O)C3(C)C)[C@H]21. The van der Waals surface area contributed by atoms with Crippen molar-refractivity contribution in [2.75, 3.05) is 0 Å². The summed E-state index contributed by atoms with van der Waals surface area (Å²) in [4.78, 5) is 39.7. The Balaban J connectivity index is 2.05. The maximum Gasteiger partial charge on any atom is 0.264 e. The van der Waals surface area contributed by atoms with Gasteiger partial charge in [-0.05, 0) is 34.1 Å². The smallest absolute Gasteiger partial charge is 0.264 e. The average Bonchev–Trinajstić information content (AvgIpc) is 3.19. The molecule has 1 aromatic carbocycles. The topological polar surface area (TPSA) is 110 Å². The number of rotatable bonds is 4. The number of allylic oxidation sites excluding steroid dienone is 1. The molecule has 0 fully saturated rings. The molecular formula is C25H30O7. The third-order valence-electron chi connectivity index (χ3n) is 7.10. The molecular weight excluding hydrogens is 412 g/mol. The van der Waals surface area contributed by atoms with E-state index in [-0.39, 0.29) is 63.8 Å². The number of Topliss-reactive ketones (excluding diaryl/α,β-unsaturated/α-hetero) is 3. The van der Waals surface area contributed by atoms with Crippen molar-refractivity contribution < 1.29 is 34.1 Å². The molecule has 7 heteroatoms. The van der Waals surface area contributed by atoms with Gasteiger partial charge in [0.2, 0.25) is 0 Å². The second-order valence-corrected chi connectivity index (χ2v) is 10.4. The van der Waals surface area contributed by atoms with E-state index in [1.165, 1.54) is 0 Å². The first-order valence-electron chi connectivity index (χ1n) is 11.1. The maximum atomic E-state index is 13.6. The molecule has 172 valence electrons. The summed E-state index contributed by atoms with van der Waals surface area (Å²) in [5.74, 6) is -3.88. The zero-order valence-electron chi connectivity index (χ0n) is 19.6. The average molecular weight is 443 g/mol. The fourth-order valence-electron chi connectivity index (χ4n) is 5.44. The molecule has 7 nitrogen and oxygen atoms in total.